The third kappa shape index (κ3) is 6.15. The number of hydrogen-bond donors (Lipinski definition) is 1. The van der Waals surface area contributed by atoms with Crippen molar-refractivity contribution < 1.29 is 0 Å². The minimum atomic E-state index is 0.497. The first-order valence-corrected chi connectivity index (χ1v) is 12.8. The lowest BCUT2D eigenvalue weighted by Crippen LogP contribution is -2.15. The molecule has 0 radical (unpaired) electrons. The van der Waals surface area contributed by atoms with Gasteiger partial charge in [-0.15, -0.1) is 0 Å². The molecule has 2 aromatic heterocycles. The Labute approximate surface area is 197 Å². The van der Waals surface area contributed by atoms with E-state index in [1.54, 1.807) is 11.9 Å². The number of aromatic nitrogens is 2. The Morgan fingerprint density at radius 1 is 1.12 bits per heavy atom. The average molecular weight is 449 g/mol. The van der Waals surface area contributed by atoms with Gasteiger partial charge in [0.05, 0.1) is 5.56 Å². The van der Waals surface area contributed by atoms with Crippen molar-refractivity contribution in [3.63, 3.8) is 0 Å². The summed E-state index contributed by atoms with van der Waals surface area (Å²) in [5.41, 5.74) is 4.58. The van der Waals surface area contributed by atoms with E-state index in [1.807, 2.05) is 33.0 Å². The lowest BCUT2D eigenvalue weighted by Gasteiger charge is -2.28. The zero-order chi connectivity index (χ0) is 23.1. The van der Waals surface area contributed by atoms with Gasteiger partial charge in [-0.3, -0.25) is 9.71 Å². The van der Waals surface area contributed by atoms with Crippen molar-refractivity contribution in [1.82, 2.24) is 14.3 Å². The summed E-state index contributed by atoms with van der Waals surface area (Å²) < 4.78 is 5.59. The van der Waals surface area contributed by atoms with Crippen molar-refractivity contribution in [1.29, 1.82) is 5.26 Å². The molecule has 0 aliphatic heterocycles. The van der Waals surface area contributed by atoms with Gasteiger partial charge in [0.25, 0.3) is 0 Å². The second kappa shape index (κ2) is 11.5. The van der Waals surface area contributed by atoms with Crippen LogP contribution in [-0.4, -0.2) is 15.6 Å². The number of aryl methyl sites for hydroxylation is 1. The van der Waals surface area contributed by atoms with E-state index in [2.05, 4.69) is 64.7 Å². The van der Waals surface area contributed by atoms with Gasteiger partial charge in [-0.05, 0) is 101 Å². The first-order valence-electron chi connectivity index (χ1n) is 11.9. The molecule has 2 aliphatic rings. The predicted octanol–water partition coefficient (Wildman–Crippen LogP) is 7.54. The van der Waals surface area contributed by atoms with Crippen LogP contribution < -0.4 is 4.72 Å². The molecule has 5 rings (SSSR count). The summed E-state index contributed by atoms with van der Waals surface area (Å²) in [6, 6.07) is 14.3. The highest BCUT2D eigenvalue weighted by atomic mass is 32.2. The van der Waals surface area contributed by atoms with E-state index in [0.29, 0.717) is 12.1 Å². The zero-order valence-electron chi connectivity index (χ0n) is 20.1. The molecule has 2 aliphatic carbocycles. The first-order chi connectivity index (χ1) is 15.5. The molecule has 32 heavy (non-hydrogen) atoms. The molecule has 170 valence electrons. The average Bonchev–Trinajstić information content (AvgIpc) is 3.57. The van der Waals surface area contributed by atoms with Crippen LogP contribution in [0.4, 0.5) is 0 Å². The van der Waals surface area contributed by atoms with Crippen molar-refractivity contribution in [3.8, 4) is 6.07 Å². The van der Waals surface area contributed by atoms with E-state index >= 15 is 0 Å². The fourth-order valence-corrected chi connectivity index (χ4v) is 4.31. The molecule has 3 aromatic rings. The summed E-state index contributed by atoms with van der Waals surface area (Å²) in [7, 11) is 0. The van der Waals surface area contributed by atoms with Crippen molar-refractivity contribution in [2.45, 2.75) is 89.6 Å². The van der Waals surface area contributed by atoms with Crippen LogP contribution in [0.2, 0.25) is 0 Å². The van der Waals surface area contributed by atoms with Crippen LogP contribution in [0.15, 0.2) is 47.6 Å². The molecule has 0 saturated heterocycles. The smallest absolute Gasteiger partial charge is 0.101 e. The van der Waals surface area contributed by atoms with Gasteiger partial charge in [0, 0.05) is 46.0 Å². The summed E-state index contributed by atoms with van der Waals surface area (Å²) in [5, 5.41) is 10.5. The lowest BCUT2D eigenvalue weighted by molar-refractivity contribution is 0.321. The minimum absolute atomic E-state index is 0.497. The molecule has 0 spiro atoms. The monoisotopic (exact) mass is 448 g/mol. The van der Waals surface area contributed by atoms with E-state index in [0.717, 1.165) is 27.5 Å². The number of nitriles is 1. The largest absolute Gasteiger partial charge is 0.343 e. The van der Waals surface area contributed by atoms with E-state index in [1.165, 1.54) is 43.2 Å². The maximum atomic E-state index is 9.30. The summed E-state index contributed by atoms with van der Waals surface area (Å²) in [6.45, 7) is 10.2. The van der Waals surface area contributed by atoms with Crippen LogP contribution in [0, 0.1) is 18.3 Å². The Balaban J connectivity index is 0.000000181. The van der Waals surface area contributed by atoms with Gasteiger partial charge in [0.1, 0.15) is 6.07 Å². The molecular weight excluding hydrogens is 412 g/mol. The van der Waals surface area contributed by atoms with Gasteiger partial charge in [0.15, 0.2) is 0 Å². The SMILES string of the molecule is CC.Cc1ccc(SNC(C)C)cn1.N#Cc1cn(C2CCC2)c2ccc(C3CC3)cc12. The van der Waals surface area contributed by atoms with Crippen LogP contribution in [0.1, 0.15) is 88.6 Å². The highest BCUT2D eigenvalue weighted by molar-refractivity contribution is 7.97. The first kappa shape index (κ1) is 24.4. The van der Waals surface area contributed by atoms with Gasteiger partial charge >= 0.3 is 0 Å². The van der Waals surface area contributed by atoms with Crippen molar-refractivity contribution in [2.24, 2.45) is 0 Å². The van der Waals surface area contributed by atoms with Crippen LogP contribution in [0.3, 0.4) is 0 Å². The molecule has 1 aromatic carbocycles. The van der Waals surface area contributed by atoms with E-state index in [-0.39, 0.29) is 0 Å². The topological polar surface area (TPSA) is 53.6 Å². The molecule has 4 nitrogen and oxygen atoms in total. The predicted molar refractivity (Wildman–Crippen MR) is 136 cm³/mol. The highest BCUT2D eigenvalue weighted by Crippen LogP contribution is 2.42. The van der Waals surface area contributed by atoms with Gasteiger partial charge in [-0.25, -0.2) is 0 Å². The Hall–Kier alpha value is -2.29. The van der Waals surface area contributed by atoms with E-state index in [4.69, 9.17) is 0 Å². The van der Waals surface area contributed by atoms with Crippen LogP contribution in [-0.2, 0) is 0 Å². The molecular formula is C27H36N4S. The third-order valence-electron chi connectivity index (χ3n) is 5.79. The van der Waals surface area contributed by atoms with Crippen molar-refractivity contribution in [3.05, 3.63) is 59.5 Å². The number of nitrogens with one attached hydrogen (secondary N) is 1. The third-order valence-corrected chi connectivity index (χ3v) is 6.86. The molecule has 5 heteroatoms. The van der Waals surface area contributed by atoms with Crippen LogP contribution in [0.25, 0.3) is 10.9 Å². The Morgan fingerprint density at radius 2 is 1.88 bits per heavy atom. The summed E-state index contributed by atoms with van der Waals surface area (Å²) in [5.74, 6) is 0.757. The van der Waals surface area contributed by atoms with E-state index < -0.39 is 0 Å². The molecule has 2 saturated carbocycles. The molecule has 0 bridgehead atoms. The molecule has 1 N–H and O–H groups in total. The molecule has 0 amide bonds. The molecule has 2 fully saturated rings. The van der Waals surface area contributed by atoms with Crippen molar-refractivity contribution in [2.75, 3.05) is 0 Å². The minimum Gasteiger partial charge on any atom is -0.343 e. The number of benzene rings is 1. The quantitative estimate of drug-likeness (QED) is 0.410. The Bertz CT molecular complexity index is 1040. The highest BCUT2D eigenvalue weighted by Gasteiger charge is 2.26. The second-order valence-electron chi connectivity index (χ2n) is 8.71. The molecule has 0 atom stereocenters. The van der Waals surface area contributed by atoms with Gasteiger partial charge in [-0.1, -0.05) is 19.9 Å². The van der Waals surface area contributed by atoms with Gasteiger partial charge < -0.3 is 4.57 Å². The number of fused-ring (bicyclic) bond motifs is 1. The lowest BCUT2D eigenvalue weighted by atomic mass is 9.93. The van der Waals surface area contributed by atoms with E-state index in [9.17, 15) is 5.26 Å². The fourth-order valence-electron chi connectivity index (χ4n) is 3.70. The standard InChI is InChI=1S/C16H16N2.C9H14N2S.C2H6/c17-9-13-10-18(14-2-1-3-14)16-7-6-12(8-15(13)16)11-4-5-11;1-7(2)11-12-9-5-4-8(3)10-6-9;1-2/h6-8,10-11,14H,1-5H2;4-7,11H,1-3H3;1-2H3. The summed E-state index contributed by atoms with van der Waals surface area (Å²) in [6.07, 6.45) is 10.4. The molecule has 0 unspecified atom stereocenters. The number of pyridine rings is 1. The van der Waals surface area contributed by atoms with Crippen LogP contribution in [0.5, 0.6) is 0 Å². The molecule has 2 heterocycles. The Kier molecular flexibility index (Phi) is 8.78. The summed E-state index contributed by atoms with van der Waals surface area (Å²) in [4.78, 5) is 5.36. The normalized spacial score (nSPS) is 15.3. The second-order valence-corrected chi connectivity index (χ2v) is 9.62. The summed E-state index contributed by atoms with van der Waals surface area (Å²) >= 11 is 1.62. The van der Waals surface area contributed by atoms with Crippen molar-refractivity contribution >= 4 is 22.9 Å². The zero-order valence-corrected chi connectivity index (χ0v) is 20.9. The maximum absolute atomic E-state index is 9.30. The Morgan fingerprint density at radius 3 is 2.41 bits per heavy atom. The maximum Gasteiger partial charge on any atom is 0.101 e. The van der Waals surface area contributed by atoms with Crippen LogP contribution >= 0.6 is 11.9 Å². The number of hydrogen-bond acceptors (Lipinski definition) is 4. The number of nitrogens with zero attached hydrogens (tertiary/aromatic N) is 3. The number of rotatable bonds is 5. The fraction of sp³-hybridized carbons (Fsp3) is 0.481. The van der Waals surface area contributed by atoms with Gasteiger partial charge in [-0.2, -0.15) is 5.26 Å². The van der Waals surface area contributed by atoms with Gasteiger partial charge in [0.2, 0.25) is 0 Å².